The summed E-state index contributed by atoms with van der Waals surface area (Å²) >= 11 is 0. The van der Waals surface area contributed by atoms with Crippen molar-refractivity contribution in [2.24, 2.45) is 5.41 Å². The monoisotopic (exact) mass is 310 g/mol. The number of hydrogen-bond donors (Lipinski definition) is 1. The summed E-state index contributed by atoms with van der Waals surface area (Å²) in [4.78, 5) is 2.60. The third kappa shape index (κ3) is 4.12. The maximum absolute atomic E-state index is 5.73. The van der Waals surface area contributed by atoms with Gasteiger partial charge in [0, 0.05) is 19.6 Å². The van der Waals surface area contributed by atoms with Gasteiger partial charge in [0.15, 0.2) is 0 Å². The molecule has 21 heavy (non-hydrogen) atoms. The Morgan fingerprint density at radius 3 is 3.00 bits per heavy atom. The molecule has 0 radical (unpaired) electrons. The Kier molecular flexibility index (Phi) is 5.91. The van der Waals surface area contributed by atoms with Gasteiger partial charge < -0.3 is 10.1 Å². The summed E-state index contributed by atoms with van der Waals surface area (Å²) in [5, 5.41) is 3.53. The second-order valence-electron chi connectivity index (χ2n) is 6.38. The van der Waals surface area contributed by atoms with Gasteiger partial charge >= 0.3 is 0 Å². The number of ether oxygens (including phenoxy) is 1. The molecule has 3 nitrogen and oxygen atoms in total. The van der Waals surface area contributed by atoms with E-state index in [0.29, 0.717) is 5.41 Å². The van der Waals surface area contributed by atoms with Crippen molar-refractivity contribution in [1.29, 1.82) is 0 Å². The van der Waals surface area contributed by atoms with Crippen LogP contribution in [-0.4, -0.2) is 37.7 Å². The molecule has 118 valence electrons. The minimum Gasteiger partial charge on any atom is -0.494 e. The van der Waals surface area contributed by atoms with Crippen LogP contribution in [0.15, 0.2) is 24.3 Å². The fraction of sp³-hybridized carbons (Fsp3) is 0.647. The fourth-order valence-corrected chi connectivity index (χ4v) is 3.52. The first-order valence-corrected chi connectivity index (χ1v) is 7.94. The summed E-state index contributed by atoms with van der Waals surface area (Å²) in [6.07, 6.45) is 3.76. The van der Waals surface area contributed by atoms with Crippen molar-refractivity contribution in [3.8, 4) is 5.75 Å². The zero-order valence-electron chi connectivity index (χ0n) is 12.9. The highest BCUT2D eigenvalue weighted by Crippen LogP contribution is 2.36. The maximum Gasteiger partial charge on any atom is 0.119 e. The van der Waals surface area contributed by atoms with Gasteiger partial charge in [0.25, 0.3) is 0 Å². The summed E-state index contributed by atoms with van der Waals surface area (Å²) in [5.74, 6) is 1.01. The summed E-state index contributed by atoms with van der Waals surface area (Å²) in [6, 6.07) is 8.60. The molecular weight excluding hydrogens is 284 g/mol. The van der Waals surface area contributed by atoms with E-state index in [1.165, 1.54) is 44.6 Å². The number of nitrogens with zero attached hydrogens (tertiary/aromatic N) is 1. The van der Waals surface area contributed by atoms with Crippen LogP contribution in [0, 0.1) is 5.41 Å². The number of nitrogens with one attached hydrogen (secondary N) is 1. The van der Waals surface area contributed by atoms with E-state index in [0.717, 1.165) is 25.3 Å². The lowest BCUT2D eigenvalue weighted by atomic mass is 9.86. The highest BCUT2D eigenvalue weighted by atomic mass is 35.5. The van der Waals surface area contributed by atoms with Crippen molar-refractivity contribution in [2.75, 3.05) is 32.8 Å². The molecule has 1 spiro atoms. The Hall–Kier alpha value is -0.770. The van der Waals surface area contributed by atoms with Gasteiger partial charge in [0.2, 0.25) is 0 Å². The van der Waals surface area contributed by atoms with Crippen molar-refractivity contribution in [2.45, 2.75) is 32.7 Å². The van der Waals surface area contributed by atoms with Gasteiger partial charge in [-0.2, -0.15) is 0 Å². The largest absolute Gasteiger partial charge is 0.494 e. The summed E-state index contributed by atoms with van der Waals surface area (Å²) in [7, 11) is 0. The van der Waals surface area contributed by atoms with Gasteiger partial charge in [0.1, 0.15) is 5.75 Å². The average molecular weight is 311 g/mol. The second-order valence-corrected chi connectivity index (χ2v) is 6.38. The van der Waals surface area contributed by atoms with Crippen LogP contribution in [0.4, 0.5) is 0 Å². The van der Waals surface area contributed by atoms with E-state index in [2.05, 4.69) is 41.4 Å². The third-order valence-corrected chi connectivity index (χ3v) is 4.63. The molecule has 0 bridgehead atoms. The quantitative estimate of drug-likeness (QED) is 0.904. The lowest BCUT2D eigenvalue weighted by Crippen LogP contribution is -2.28. The van der Waals surface area contributed by atoms with Gasteiger partial charge in [0.05, 0.1) is 6.61 Å². The van der Waals surface area contributed by atoms with Crippen LogP contribution in [0.1, 0.15) is 31.7 Å². The predicted octanol–water partition coefficient (Wildman–Crippen LogP) is 3.08. The summed E-state index contributed by atoms with van der Waals surface area (Å²) in [6.45, 7) is 8.91. The first-order valence-electron chi connectivity index (χ1n) is 7.94. The lowest BCUT2D eigenvalue weighted by Gasteiger charge is -2.23. The fourth-order valence-electron chi connectivity index (χ4n) is 3.52. The first-order chi connectivity index (χ1) is 9.80. The van der Waals surface area contributed by atoms with Crippen molar-refractivity contribution in [3.05, 3.63) is 29.8 Å². The molecule has 0 aromatic heterocycles. The van der Waals surface area contributed by atoms with Crippen molar-refractivity contribution < 1.29 is 4.74 Å². The van der Waals surface area contributed by atoms with E-state index >= 15 is 0 Å². The van der Waals surface area contributed by atoms with E-state index in [1.54, 1.807) is 0 Å². The number of halogens is 1. The third-order valence-electron chi connectivity index (χ3n) is 4.63. The van der Waals surface area contributed by atoms with Gasteiger partial charge in [-0.3, -0.25) is 4.90 Å². The highest BCUT2D eigenvalue weighted by molar-refractivity contribution is 5.85. The van der Waals surface area contributed by atoms with E-state index in [9.17, 15) is 0 Å². The van der Waals surface area contributed by atoms with Gasteiger partial charge in [-0.25, -0.2) is 0 Å². The van der Waals surface area contributed by atoms with E-state index in [1.807, 2.05) is 0 Å². The normalized spacial score (nSPS) is 25.2. The molecule has 1 atom stereocenters. The molecule has 1 aromatic carbocycles. The van der Waals surface area contributed by atoms with E-state index < -0.39 is 0 Å². The van der Waals surface area contributed by atoms with Gasteiger partial charge in [-0.1, -0.05) is 19.1 Å². The Bertz CT molecular complexity index is 446. The Labute approximate surface area is 134 Å². The Morgan fingerprint density at radius 2 is 2.24 bits per heavy atom. The van der Waals surface area contributed by atoms with Crippen LogP contribution < -0.4 is 10.1 Å². The highest BCUT2D eigenvalue weighted by Gasteiger charge is 2.39. The number of benzene rings is 1. The van der Waals surface area contributed by atoms with E-state index in [-0.39, 0.29) is 12.4 Å². The molecule has 2 aliphatic rings. The van der Waals surface area contributed by atoms with Crippen molar-refractivity contribution in [3.63, 3.8) is 0 Å². The average Bonchev–Trinajstić information content (AvgIpc) is 3.08. The zero-order valence-corrected chi connectivity index (χ0v) is 13.8. The van der Waals surface area contributed by atoms with Crippen LogP contribution in [0.25, 0.3) is 0 Å². The molecule has 0 aliphatic carbocycles. The summed E-state index contributed by atoms with van der Waals surface area (Å²) in [5.41, 5.74) is 1.94. The van der Waals surface area contributed by atoms with Crippen LogP contribution >= 0.6 is 12.4 Å². The molecule has 3 rings (SSSR count). The van der Waals surface area contributed by atoms with Gasteiger partial charge in [-0.15, -0.1) is 12.4 Å². The van der Waals surface area contributed by atoms with Crippen LogP contribution in [0.2, 0.25) is 0 Å². The molecule has 2 heterocycles. The molecular formula is C17H27ClN2O. The molecule has 2 fully saturated rings. The zero-order chi connectivity index (χ0) is 13.8. The first kappa shape index (κ1) is 16.6. The number of hydrogen-bond acceptors (Lipinski definition) is 3. The van der Waals surface area contributed by atoms with Crippen molar-refractivity contribution >= 4 is 12.4 Å². The number of rotatable bonds is 5. The molecule has 4 heteroatoms. The van der Waals surface area contributed by atoms with Crippen molar-refractivity contribution in [1.82, 2.24) is 10.2 Å². The molecule has 0 amide bonds. The topological polar surface area (TPSA) is 24.5 Å². The molecule has 1 N–H and O–H groups in total. The SMILES string of the molecule is CCCOc1cccc(CN2CCC3(CCNC3)C2)c1.Cl. The van der Waals surface area contributed by atoms with E-state index in [4.69, 9.17) is 4.74 Å². The van der Waals surface area contributed by atoms with Crippen LogP contribution in [0.3, 0.4) is 0 Å². The van der Waals surface area contributed by atoms with Gasteiger partial charge in [-0.05, 0) is 55.5 Å². The minimum atomic E-state index is 0. The second kappa shape index (κ2) is 7.48. The number of likely N-dealkylation sites (tertiary alicyclic amines) is 1. The van der Waals surface area contributed by atoms with Crippen LogP contribution in [-0.2, 0) is 6.54 Å². The molecule has 2 saturated heterocycles. The smallest absolute Gasteiger partial charge is 0.119 e. The van der Waals surface area contributed by atoms with Crippen LogP contribution in [0.5, 0.6) is 5.75 Å². The molecule has 1 aromatic rings. The Balaban J connectivity index is 0.00000161. The Morgan fingerprint density at radius 1 is 1.33 bits per heavy atom. The maximum atomic E-state index is 5.73. The predicted molar refractivity (Wildman–Crippen MR) is 89.3 cm³/mol. The summed E-state index contributed by atoms with van der Waals surface area (Å²) < 4.78 is 5.73. The lowest BCUT2D eigenvalue weighted by molar-refractivity contribution is 0.268. The standard InChI is InChI=1S/C17H26N2O.ClH/c1-2-10-20-16-5-3-4-15(11-16)12-19-9-7-17(14-19)6-8-18-13-17;/h3-5,11,18H,2,6-10,12-14H2,1H3;1H. The minimum absolute atomic E-state index is 0. The molecule has 2 aliphatic heterocycles. The molecule has 0 saturated carbocycles. The molecule has 1 unspecified atom stereocenters.